The van der Waals surface area contributed by atoms with Crippen molar-refractivity contribution in [2.75, 3.05) is 12.1 Å². The maximum absolute atomic E-state index is 13.3. The van der Waals surface area contributed by atoms with E-state index < -0.39 is 0 Å². The Bertz CT molecular complexity index is 1180. The van der Waals surface area contributed by atoms with Crippen LogP contribution >= 0.6 is 11.3 Å². The van der Waals surface area contributed by atoms with Gasteiger partial charge in [-0.2, -0.15) is 0 Å². The number of amides is 2. The number of rotatable bonds is 6. The van der Waals surface area contributed by atoms with E-state index in [4.69, 9.17) is 9.47 Å². The van der Waals surface area contributed by atoms with E-state index in [1.807, 2.05) is 53.9 Å². The average Bonchev–Trinajstić information content (AvgIpc) is 3.52. The highest BCUT2D eigenvalue weighted by Crippen LogP contribution is 2.36. The number of nitrogens with one attached hydrogen (secondary N) is 1. The molecule has 5 rings (SSSR count). The van der Waals surface area contributed by atoms with E-state index in [0.717, 1.165) is 22.5 Å². The van der Waals surface area contributed by atoms with Crippen LogP contribution < -0.4 is 14.8 Å². The number of hydrogen-bond donors (Lipinski definition) is 1. The lowest BCUT2D eigenvalue weighted by atomic mass is 10.1. The molecule has 0 bridgehead atoms. The van der Waals surface area contributed by atoms with E-state index in [2.05, 4.69) is 12.2 Å². The Hall–Kier alpha value is -3.58. The summed E-state index contributed by atoms with van der Waals surface area (Å²) in [7, 11) is 0. The number of aryl methyl sites for hydroxylation is 1. The van der Waals surface area contributed by atoms with Crippen LogP contribution in [0.15, 0.2) is 65.7 Å². The number of thiophene rings is 1. The van der Waals surface area contributed by atoms with Crippen molar-refractivity contribution in [3.63, 3.8) is 0 Å². The third-order valence-electron chi connectivity index (χ3n) is 5.34. The Morgan fingerprint density at radius 2 is 1.74 bits per heavy atom. The van der Waals surface area contributed by atoms with E-state index >= 15 is 0 Å². The van der Waals surface area contributed by atoms with Gasteiger partial charge in [-0.3, -0.25) is 14.5 Å². The van der Waals surface area contributed by atoms with E-state index in [1.54, 1.807) is 6.07 Å². The Morgan fingerprint density at radius 3 is 2.48 bits per heavy atom. The van der Waals surface area contributed by atoms with Gasteiger partial charge < -0.3 is 14.8 Å². The van der Waals surface area contributed by atoms with Crippen molar-refractivity contribution in [1.29, 1.82) is 0 Å². The van der Waals surface area contributed by atoms with Crippen molar-refractivity contribution in [2.45, 2.75) is 19.9 Å². The number of fused-ring (bicyclic) bond motifs is 1. The smallest absolute Gasteiger partial charge is 0.278 e. The Labute approximate surface area is 183 Å². The molecule has 2 aliphatic rings. The number of carbonyl (C=O) groups excluding carboxylic acids is 2. The molecule has 0 spiro atoms. The third kappa shape index (κ3) is 3.57. The molecule has 3 aromatic rings. The van der Waals surface area contributed by atoms with Gasteiger partial charge in [-0.1, -0.05) is 31.2 Å². The Balaban J connectivity index is 1.46. The molecule has 7 heteroatoms. The van der Waals surface area contributed by atoms with Crippen molar-refractivity contribution in [3.8, 4) is 11.5 Å². The second kappa shape index (κ2) is 7.92. The topological polar surface area (TPSA) is 67.9 Å². The molecule has 1 N–H and O–H groups in total. The minimum Gasteiger partial charge on any atom is -0.454 e. The molecule has 0 unspecified atom stereocenters. The minimum absolute atomic E-state index is 0.156. The molecule has 31 heavy (non-hydrogen) atoms. The van der Waals surface area contributed by atoms with Crippen molar-refractivity contribution in [1.82, 2.24) is 4.90 Å². The average molecular weight is 433 g/mol. The van der Waals surface area contributed by atoms with Gasteiger partial charge in [0.25, 0.3) is 11.8 Å². The molecule has 2 aliphatic heterocycles. The van der Waals surface area contributed by atoms with Crippen molar-refractivity contribution in [2.24, 2.45) is 0 Å². The molecule has 0 radical (unpaired) electrons. The van der Waals surface area contributed by atoms with Crippen LogP contribution in [0.4, 0.5) is 5.69 Å². The van der Waals surface area contributed by atoms with Crippen LogP contribution in [0.1, 0.15) is 22.9 Å². The molecule has 0 fully saturated rings. The Kier molecular flexibility index (Phi) is 4.95. The predicted molar refractivity (Wildman–Crippen MR) is 119 cm³/mol. The highest BCUT2D eigenvalue weighted by Gasteiger charge is 2.39. The molecule has 6 nitrogen and oxygen atoms in total. The molecule has 0 atom stereocenters. The summed E-state index contributed by atoms with van der Waals surface area (Å²) in [5.41, 5.74) is 3.48. The summed E-state index contributed by atoms with van der Waals surface area (Å²) in [4.78, 5) is 28.7. The van der Waals surface area contributed by atoms with Gasteiger partial charge >= 0.3 is 0 Å². The summed E-state index contributed by atoms with van der Waals surface area (Å²) in [6, 6.07) is 17.1. The molecule has 156 valence electrons. The molecule has 2 aromatic carbocycles. The zero-order chi connectivity index (χ0) is 21.4. The van der Waals surface area contributed by atoms with Gasteiger partial charge in [-0.05, 0) is 53.3 Å². The number of ether oxygens (including phenoxy) is 2. The fourth-order valence-electron chi connectivity index (χ4n) is 3.67. The van der Waals surface area contributed by atoms with Gasteiger partial charge in [0.2, 0.25) is 6.79 Å². The van der Waals surface area contributed by atoms with Crippen molar-refractivity contribution in [3.05, 3.63) is 81.7 Å². The van der Waals surface area contributed by atoms with Gasteiger partial charge in [-0.15, -0.1) is 11.3 Å². The van der Waals surface area contributed by atoms with Crippen LogP contribution in [0.5, 0.6) is 11.5 Å². The molecule has 1 aromatic heterocycles. The highest BCUT2D eigenvalue weighted by atomic mass is 32.1. The van der Waals surface area contributed by atoms with Gasteiger partial charge in [0.15, 0.2) is 11.5 Å². The third-order valence-corrected chi connectivity index (χ3v) is 6.23. The van der Waals surface area contributed by atoms with Crippen molar-refractivity contribution < 1.29 is 19.1 Å². The SMILES string of the molecule is CCc1ccc(NC2=C(c3cccs3)C(=O)N(Cc3ccc4c(c3)OCO4)C2=O)cc1. The molecular formula is C24H20N2O4S. The van der Waals surface area contributed by atoms with Gasteiger partial charge in [-0.25, -0.2) is 0 Å². The first kappa shape index (κ1) is 19.4. The molecular weight excluding hydrogens is 412 g/mol. The van der Waals surface area contributed by atoms with E-state index in [-0.39, 0.29) is 25.2 Å². The maximum atomic E-state index is 13.3. The lowest BCUT2D eigenvalue weighted by molar-refractivity contribution is -0.137. The number of nitrogens with zero attached hydrogens (tertiary/aromatic N) is 1. The summed E-state index contributed by atoms with van der Waals surface area (Å²) in [5, 5.41) is 5.09. The number of benzene rings is 2. The van der Waals surface area contributed by atoms with Crippen LogP contribution in [-0.2, 0) is 22.6 Å². The summed E-state index contributed by atoms with van der Waals surface area (Å²) in [6.45, 7) is 2.42. The van der Waals surface area contributed by atoms with Crippen LogP contribution in [0, 0.1) is 0 Å². The number of carbonyl (C=O) groups is 2. The highest BCUT2D eigenvalue weighted by molar-refractivity contribution is 7.11. The van der Waals surface area contributed by atoms with Crippen LogP contribution in [0.25, 0.3) is 5.57 Å². The van der Waals surface area contributed by atoms with Gasteiger partial charge in [0, 0.05) is 10.6 Å². The second-order valence-electron chi connectivity index (χ2n) is 7.29. The predicted octanol–water partition coefficient (Wildman–Crippen LogP) is 4.43. The second-order valence-corrected chi connectivity index (χ2v) is 8.23. The van der Waals surface area contributed by atoms with Crippen LogP contribution in [0.2, 0.25) is 0 Å². The lowest BCUT2D eigenvalue weighted by Crippen LogP contribution is -2.31. The van der Waals surface area contributed by atoms with Crippen molar-refractivity contribution >= 4 is 34.4 Å². The number of anilines is 1. The van der Waals surface area contributed by atoms with Gasteiger partial charge in [0.05, 0.1) is 12.1 Å². The van der Waals surface area contributed by atoms with Crippen LogP contribution in [-0.4, -0.2) is 23.5 Å². The normalized spacial score (nSPS) is 15.2. The molecule has 0 saturated carbocycles. The van der Waals surface area contributed by atoms with Gasteiger partial charge in [0.1, 0.15) is 5.70 Å². The van der Waals surface area contributed by atoms with E-state index in [0.29, 0.717) is 22.8 Å². The fraction of sp³-hybridized carbons (Fsp3) is 0.167. The Morgan fingerprint density at radius 1 is 0.968 bits per heavy atom. The monoisotopic (exact) mass is 432 g/mol. The molecule has 0 aliphatic carbocycles. The van der Waals surface area contributed by atoms with E-state index in [9.17, 15) is 9.59 Å². The zero-order valence-corrected chi connectivity index (χ0v) is 17.7. The molecule has 2 amide bonds. The first-order chi connectivity index (χ1) is 15.1. The minimum atomic E-state index is -0.342. The van der Waals surface area contributed by atoms with Crippen LogP contribution in [0.3, 0.4) is 0 Å². The summed E-state index contributed by atoms with van der Waals surface area (Å²) >= 11 is 1.44. The fourth-order valence-corrected chi connectivity index (χ4v) is 4.44. The standard InChI is InChI=1S/C24H20N2O4S/c1-2-15-5-8-17(9-6-15)25-22-21(20-4-3-11-31-20)23(27)26(24(22)28)13-16-7-10-18-19(12-16)30-14-29-18/h3-12,25H,2,13-14H2,1H3. The molecule has 3 heterocycles. The quantitative estimate of drug-likeness (QED) is 0.584. The van der Waals surface area contributed by atoms with E-state index in [1.165, 1.54) is 21.8 Å². The number of hydrogen-bond acceptors (Lipinski definition) is 6. The maximum Gasteiger partial charge on any atom is 0.278 e. The first-order valence-electron chi connectivity index (χ1n) is 10.0. The first-order valence-corrected chi connectivity index (χ1v) is 10.9. The summed E-state index contributed by atoms with van der Waals surface area (Å²) in [5.74, 6) is 0.638. The zero-order valence-electron chi connectivity index (χ0n) is 16.9. The largest absolute Gasteiger partial charge is 0.454 e. The summed E-state index contributed by atoms with van der Waals surface area (Å²) in [6.07, 6.45) is 0.935. The number of imide groups is 1. The molecule has 0 saturated heterocycles. The lowest BCUT2D eigenvalue weighted by Gasteiger charge is -2.15. The summed E-state index contributed by atoms with van der Waals surface area (Å²) < 4.78 is 10.8.